The molecule has 3 aliphatic heterocycles. The molecule has 0 spiro atoms. The molecule has 15 heteroatoms. The Kier molecular flexibility index (Phi) is 13.5. The van der Waals surface area contributed by atoms with Gasteiger partial charge in [0.2, 0.25) is 17.7 Å². The Labute approximate surface area is 369 Å². The number of carbonyl (C=O) groups is 5. The number of hydrogen-bond acceptors (Lipinski definition) is 10. The standard InChI is InChI=1S/C48H60N8O7/c1-9-39(57)54-20-18-33(26-54)45(59)53(7)41(29(3)4)44(58)51-40-43(62-8)32-14-11-13-30(21-32)31-16-17-38-35(22-31)36(42(55(38)10-2)34-24-49-28-50-25-34)23-48(5,6)27-63-47(61)37-15-12-19-56(52-37)46(40)60/h9,11,13-14,16-17,21-22,24-25,28-29,33,37,40-41,43,52H,1,10,12,15,18-20,23,26-27H2,2-8H3,(H,51,58)/t33-,37-,40-,41-,43+/m0/s1. The average Bonchev–Trinajstić information content (AvgIpc) is 3.90. The summed E-state index contributed by atoms with van der Waals surface area (Å²) in [5.41, 5.74) is 9.11. The van der Waals surface area contributed by atoms with Gasteiger partial charge in [0, 0.05) is 74.6 Å². The lowest BCUT2D eigenvalue weighted by Gasteiger charge is -2.38. The van der Waals surface area contributed by atoms with Crippen LogP contribution in [-0.2, 0) is 46.4 Å². The monoisotopic (exact) mass is 860 g/mol. The van der Waals surface area contributed by atoms with Crippen molar-refractivity contribution in [2.45, 2.75) is 91.1 Å². The van der Waals surface area contributed by atoms with Crippen LogP contribution in [0.1, 0.15) is 71.1 Å². The molecule has 0 saturated carbocycles. The normalized spacial score (nSPS) is 22.0. The number of ether oxygens (including phenoxy) is 2. The number of hydrogen-bond donors (Lipinski definition) is 2. The van der Waals surface area contributed by atoms with E-state index in [2.05, 4.69) is 70.8 Å². The number of rotatable bonds is 9. The van der Waals surface area contributed by atoms with Gasteiger partial charge in [0.25, 0.3) is 5.91 Å². The predicted molar refractivity (Wildman–Crippen MR) is 238 cm³/mol. The van der Waals surface area contributed by atoms with Gasteiger partial charge in [0.1, 0.15) is 30.6 Å². The molecule has 0 radical (unpaired) electrons. The van der Waals surface area contributed by atoms with Gasteiger partial charge in [-0.25, -0.2) is 15.4 Å². The van der Waals surface area contributed by atoms with Crippen molar-refractivity contribution in [3.8, 4) is 22.4 Å². The highest BCUT2D eigenvalue weighted by molar-refractivity contribution is 5.96. The highest BCUT2D eigenvalue weighted by Gasteiger charge is 2.42. The lowest BCUT2D eigenvalue weighted by molar-refractivity contribution is -0.157. The number of benzene rings is 2. The number of aryl methyl sites for hydroxylation is 1. The number of methoxy groups -OCH3 is 1. The first-order valence-electron chi connectivity index (χ1n) is 21.9. The minimum Gasteiger partial charge on any atom is -0.464 e. The number of likely N-dealkylation sites (tertiary alicyclic amines) is 1. The zero-order valence-electron chi connectivity index (χ0n) is 37.4. The van der Waals surface area contributed by atoms with E-state index in [1.807, 2.05) is 50.5 Å². The highest BCUT2D eigenvalue weighted by Crippen LogP contribution is 2.40. The van der Waals surface area contributed by atoms with Crippen LogP contribution in [0.3, 0.4) is 0 Å². The first kappa shape index (κ1) is 45.1. The van der Waals surface area contributed by atoms with E-state index in [0.717, 1.165) is 38.9 Å². The van der Waals surface area contributed by atoms with E-state index in [4.69, 9.17) is 9.47 Å². The summed E-state index contributed by atoms with van der Waals surface area (Å²) >= 11 is 0. The maximum atomic E-state index is 14.9. The third-order valence-corrected chi connectivity index (χ3v) is 12.7. The number of esters is 1. The van der Waals surface area contributed by atoms with Crippen LogP contribution < -0.4 is 10.7 Å². The van der Waals surface area contributed by atoms with Crippen LogP contribution in [0.2, 0.25) is 0 Å². The summed E-state index contributed by atoms with van der Waals surface area (Å²) in [6.07, 6.45) is 7.41. The van der Waals surface area contributed by atoms with Crippen molar-refractivity contribution < 1.29 is 33.4 Å². The van der Waals surface area contributed by atoms with Gasteiger partial charge in [-0.2, -0.15) is 0 Å². The van der Waals surface area contributed by atoms with Crippen molar-refractivity contribution in [2.75, 3.05) is 40.4 Å². The molecule has 2 N–H and O–H groups in total. The van der Waals surface area contributed by atoms with Crippen molar-refractivity contribution in [3.63, 3.8) is 0 Å². The van der Waals surface area contributed by atoms with Crippen molar-refractivity contribution >= 4 is 40.5 Å². The minimum atomic E-state index is -1.28. The van der Waals surface area contributed by atoms with Gasteiger partial charge < -0.3 is 29.2 Å². The number of nitrogens with zero attached hydrogens (tertiary/aromatic N) is 6. The van der Waals surface area contributed by atoms with Gasteiger partial charge in [-0.3, -0.25) is 29.0 Å². The van der Waals surface area contributed by atoms with Crippen molar-refractivity contribution in [3.05, 3.63) is 85.0 Å². The first-order chi connectivity index (χ1) is 30.2. The Morgan fingerprint density at radius 1 is 1.06 bits per heavy atom. The van der Waals surface area contributed by atoms with Gasteiger partial charge in [-0.1, -0.05) is 58.5 Å². The number of cyclic esters (lactones) is 1. The fraction of sp³-hybridized carbons (Fsp3) is 0.479. The molecule has 3 aliphatic rings. The quantitative estimate of drug-likeness (QED) is 0.171. The van der Waals surface area contributed by atoms with Gasteiger partial charge >= 0.3 is 5.97 Å². The Morgan fingerprint density at radius 3 is 2.51 bits per heavy atom. The second kappa shape index (κ2) is 18.8. The van der Waals surface area contributed by atoms with E-state index >= 15 is 0 Å². The fourth-order valence-electron chi connectivity index (χ4n) is 9.55. The molecule has 2 fully saturated rings. The SMILES string of the molecule is C=CC(=O)N1CC[C@H](C(=O)N(C)[C@H](C(=O)N[C@@H]2C(=O)N3CCC[C@H](N3)C(=O)OCC(C)(C)Cc3c(-c4cncnc4)n(CC)c4ccc(cc34)-c3cccc(c3)[C@H]2OC)C(C)C)C1. The molecule has 2 aromatic heterocycles. The molecule has 2 aromatic carbocycles. The number of hydrazine groups is 1. The number of carbonyl (C=O) groups excluding carboxylic acids is 5. The summed E-state index contributed by atoms with van der Waals surface area (Å²) in [6, 6.07) is 11.1. The molecule has 0 aliphatic carbocycles. The number of amides is 4. The summed E-state index contributed by atoms with van der Waals surface area (Å²) in [5.74, 6) is -2.87. The largest absolute Gasteiger partial charge is 0.464 e. The maximum absolute atomic E-state index is 14.9. The summed E-state index contributed by atoms with van der Waals surface area (Å²) in [7, 11) is 3.08. The highest BCUT2D eigenvalue weighted by atomic mass is 16.5. The number of fused-ring (bicyclic) bond motifs is 6. The van der Waals surface area contributed by atoms with Gasteiger partial charge in [0.05, 0.1) is 18.2 Å². The minimum absolute atomic E-state index is 0.125. The smallest absolute Gasteiger partial charge is 0.324 e. The first-order valence-corrected chi connectivity index (χ1v) is 21.9. The molecule has 334 valence electrons. The molecule has 63 heavy (non-hydrogen) atoms. The summed E-state index contributed by atoms with van der Waals surface area (Å²) in [5, 5.41) is 5.45. The Balaban J connectivity index is 1.31. The topological polar surface area (TPSA) is 168 Å². The molecule has 5 atom stereocenters. The molecular formula is C48H60N8O7. The number of aromatic nitrogens is 3. The van der Waals surface area contributed by atoms with Gasteiger partial charge in [0.15, 0.2) is 0 Å². The molecule has 4 aromatic rings. The van der Waals surface area contributed by atoms with E-state index in [1.54, 1.807) is 11.9 Å². The van der Waals surface area contributed by atoms with E-state index in [0.29, 0.717) is 44.3 Å². The zero-order chi connectivity index (χ0) is 45.2. The van der Waals surface area contributed by atoms with E-state index in [-0.39, 0.29) is 37.4 Å². The summed E-state index contributed by atoms with van der Waals surface area (Å²) in [4.78, 5) is 81.4. The third kappa shape index (κ3) is 9.26. The molecule has 5 heterocycles. The maximum Gasteiger partial charge on any atom is 0.324 e. The lowest BCUT2D eigenvalue weighted by atomic mass is 9.84. The summed E-state index contributed by atoms with van der Waals surface area (Å²) < 4.78 is 14.5. The van der Waals surface area contributed by atoms with Crippen LogP contribution >= 0.6 is 0 Å². The van der Waals surface area contributed by atoms with E-state index in [1.165, 1.54) is 29.4 Å². The molecule has 6 bridgehead atoms. The average molecular weight is 861 g/mol. The Bertz CT molecular complexity index is 2380. The Hall–Kier alpha value is -5.93. The van der Waals surface area contributed by atoms with Crippen molar-refractivity contribution in [2.24, 2.45) is 17.3 Å². The lowest BCUT2D eigenvalue weighted by Crippen LogP contribution is -2.63. The van der Waals surface area contributed by atoms with Gasteiger partial charge in [-0.05, 0) is 85.1 Å². The molecular weight excluding hydrogens is 801 g/mol. The van der Waals surface area contributed by atoms with Crippen molar-refractivity contribution in [1.29, 1.82) is 0 Å². The fourth-order valence-corrected chi connectivity index (χ4v) is 9.55. The van der Waals surface area contributed by atoms with Gasteiger partial charge in [-0.15, -0.1) is 0 Å². The summed E-state index contributed by atoms with van der Waals surface area (Å²) in [6.45, 7) is 15.3. The van der Waals surface area contributed by atoms with Crippen LogP contribution in [-0.4, -0.2) is 117 Å². The Morgan fingerprint density at radius 2 is 1.81 bits per heavy atom. The molecule has 7 rings (SSSR count). The van der Waals surface area contributed by atoms with E-state index in [9.17, 15) is 24.0 Å². The molecule has 15 nitrogen and oxygen atoms in total. The number of nitrogens with one attached hydrogen (secondary N) is 2. The van der Waals surface area contributed by atoms with Crippen LogP contribution in [0, 0.1) is 17.3 Å². The van der Waals surface area contributed by atoms with Crippen LogP contribution in [0.5, 0.6) is 0 Å². The second-order valence-electron chi connectivity index (χ2n) is 18.1. The van der Waals surface area contributed by atoms with Crippen LogP contribution in [0.4, 0.5) is 0 Å². The molecule has 2 saturated heterocycles. The third-order valence-electron chi connectivity index (χ3n) is 12.7. The van der Waals surface area contributed by atoms with Crippen LogP contribution in [0.25, 0.3) is 33.3 Å². The number of likely N-dealkylation sites (N-methyl/N-ethyl adjacent to an activating group) is 1. The van der Waals surface area contributed by atoms with Crippen LogP contribution in [0.15, 0.2) is 73.8 Å². The van der Waals surface area contributed by atoms with Crippen molar-refractivity contribution in [1.82, 2.24) is 40.1 Å². The molecule has 0 unspecified atom stereocenters. The molecule has 4 amide bonds. The predicted octanol–water partition coefficient (Wildman–Crippen LogP) is 5.10. The zero-order valence-corrected chi connectivity index (χ0v) is 37.4. The van der Waals surface area contributed by atoms with E-state index < -0.39 is 53.3 Å². The second-order valence-corrected chi connectivity index (χ2v) is 18.1.